The van der Waals surface area contributed by atoms with Crippen molar-refractivity contribution < 1.29 is 10.1 Å². The second-order valence-electron chi connectivity index (χ2n) is 5.41. The number of quaternary nitrogens is 1. The summed E-state index contributed by atoms with van der Waals surface area (Å²) in [5, 5.41) is 5.69. The van der Waals surface area contributed by atoms with Crippen molar-refractivity contribution in [1.29, 1.82) is 0 Å². The Morgan fingerprint density at radius 1 is 1.26 bits per heavy atom. The first kappa shape index (κ1) is 18.0. The van der Waals surface area contributed by atoms with Crippen LogP contribution in [0.15, 0.2) is 53.0 Å². The molecule has 5 heteroatoms. The molecule has 0 aliphatic carbocycles. The lowest BCUT2D eigenvalue weighted by molar-refractivity contribution is -0.686. The second kappa shape index (κ2) is 9.06. The van der Waals surface area contributed by atoms with Crippen molar-refractivity contribution in [3.8, 4) is 0 Å². The summed E-state index contributed by atoms with van der Waals surface area (Å²) in [6.07, 6.45) is 0.975. The van der Waals surface area contributed by atoms with Gasteiger partial charge in [-0.1, -0.05) is 58.7 Å². The van der Waals surface area contributed by atoms with E-state index in [2.05, 4.69) is 45.6 Å². The maximum atomic E-state index is 12.0. The van der Waals surface area contributed by atoms with Crippen molar-refractivity contribution in [3.63, 3.8) is 0 Å². The third-order valence-electron chi connectivity index (χ3n) is 3.70. The molecular formula is C18H21BrClN2O+. The average Bonchev–Trinajstić information content (AvgIpc) is 2.55. The Labute approximate surface area is 150 Å². The predicted octanol–water partition coefficient (Wildman–Crippen LogP) is 3.43. The van der Waals surface area contributed by atoms with E-state index >= 15 is 0 Å². The predicted molar refractivity (Wildman–Crippen MR) is 97.3 cm³/mol. The number of halogens is 2. The molecule has 0 fully saturated rings. The summed E-state index contributed by atoms with van der Waals surface area (Å²) < 4.78 is 1.07. The molecule has 0 aliphatic heterocycles. The third-order valence-corrected chi connectivity index (χ3v) is 4.47. The van der Waals surface area contributed by atoms with Crippen LogP contribution in [0.5, 0.6) is 0 Å². The molecule has 2 aromatic rings. The molecular weight excluding hydrogens is 376 g/mol. The van der Waals surface area contributed by atoms with Crippen LogP contribution in [0.2, 0.25) is 5.02 Å². The zero-order valence-corrected chi connectivity index (χ0v) is 15.4. The second-order valence-corrected chi connectivity index (χ2v) is 6.76. The molecule has 1 atom stereocenters. The number of nitrogens with one attached hydrogen (secondary N) is 1. The van der Waals surface area contributed by atoms with Gasteiger partial charge in [-0.2, -0.15) is 0 Å². The monoisotopic (exact) mass is 395 g/mol. The SMILES string of the molecule is CC[C@H]([NH2+]CC(=O)NCc1cccc(Cl)c1)c1ccc(Br)cc1. The first-order valence-electron chi connectivity index (χ1n) is 7.68. The fourth-order valence-corrected chi connectivity index (χ4v) is 2.89. The molecule has 0 aliphatic rings. The van der Waals surface area contributed by atoms with E-state index in [1.807, 2.05) is 36.4 Å². The van der Waals surface area contributed by atoms with Gasteiger partial charge in [0.1, 0.15) is 6.04 Å². The number of carbonyl (C=O) groups excluding carboxylic acids is 1. The van der Waals surface area contributed by atoms with E-state index in [-0.39, 0.29) is 5.91 Å². The lowest BCUT2D eigenvalue weighted by Gasteiger charge is -2.14. The Hall–Kier alpha value is -1.36. The van der Waals surface area contributed by atoms with Crippen LogP contribution in [0.3, 0.4) is 0 Å². The first-order valence-corrected chi connectivity index (χ1v) is 8.85. The Morgan fingerprint density at radius 2 is 2.00 bits per heavy atom. The van der Waals surface area contributed by atoms with Gasteiger partial charge >= 0.3 is 0 Å². The lowest BCUT2D eigenvalue weighted by Crippen LogP contribution is -2.87. The van der Waals surface area contributed by atoms with Crippen molar-refractivity contribution in [2.75, 3.05) is 6.54 Å². The van der Waals surface area contributed by atoms with E-state index in [1.165, 1.54) is 5.56 Å². The van der Waals surface area contributed by atoms with Crippen LogP contribution in [0, 0.1) is 0 Å². The van der Waals surface area contributed by atoms with Gasteiger partial charge in [0.2, 0.25) is 0 Å². The molecule has 0 aromatic heterocycles. The summed E-state index contributed by atoms with van der Waals surface area (Å²) >= 11 is 9.38. The van der Waals surface area contributed by atoms with Crippen LogP contribution < -0.4 is 10.6 Å². The number of rotatable bonds is 7. The van der Waals surface area contributed by atoms with Crippen LogP contribution in [-0.2, 0) is 11.3 Å². The lowest BCUT2D eigenvalue weighted by atomic mass is 10.0. The topological polar surface area (TPSA) is 45.7 Å². The van der Waals surface area contributed by atoms with Gasteiger partial charge < -0.3 is 10.6 Å². The minimum absolute atomic E-state index is 0.0283. The molecule has 0 unspecified atom stereocenters. The van der Waals surface area contributed by atoms with Gasteiger partial charge in [0.15, 0.2) is 6.54 Å². The van der Waals surface area contributed by atoms with E-state index < -0.39 is 0 Å². The number of hydrogen-bond acceptors (Lipinski definition) is 1. The Balaban J connectivity index is 1.81. The zero-order chi connectivity index (χ0) is 16.7. The van der Waals surface area contributed by atoms with Gasteiger partial charge in [-0.3, -0.25) is 4.79 Å². The van der Waals surface area contributed by atoms with Crippen LogP contribution in [0.4, 0.5) is 0 Å². The van der Waals surface area contributed by atoms with Crippen LogP contribution >= 0.6 is 27.5 Å². The number of nitrogens with two attached hydrogens (primary N) is 1. The van der Waals surface area contributed by atoms with Gasteiger partial charge in [-0.25, -0.2) is 0 Å². The highest BCUT2D eigenvalue weighted by Gasteiger charge is 2.14. The maximum Gasteiger partial charge on any atom is 0.275 e. The van der Waals surface area contributed by atoms with Gasteiger partial charge in [0.25, 0.3) is 5.91 Å². The fourth-order valence-electron chi connectivity index (χ4n) is 2.42. The highest BCUT2D eigenvalue weighted by molar-refractivity contribution is 9.10. The summed E-state index contributed by atoms with van der Waals surface area (Å²) in [5.74, 6) is 0.0283. The third kappa shape index (κ3) is 5.98. The normalized spacial score (nSPS) is 12.0. The highest BCUT2D eigenvalue weighted by Crippen LogP contribution is 2.16. The molecule has 2 aromatic carbocycles. The minimum Gasteiger partial charge on any atom is -0.347 e. The van der Waals surface area contributed by atoms with Crippen molar-refractivity contribution in [1.82, 2.24) is 5.32 Å². The quantitative estimate of drug-likeness (QED) is 0.740. The minimum atomic E-state index is 0.0283. The van der Waals surface area contributed by atoms with E-state index in [0.717, 1.165) is 16.5 Å². The summed E-state index contributed by atoms with van der Waals surface area (Å²) in [7, 11) is 0. The smallest absolute Gasteiger partial charge is 0.275 e. The first-order chi connectivity index (χ1) is 11.1. The Bertz CT molecular complexity index is 646. The molecule has 0 saturated heterocycles. The van der Waals surface area contributed by atoms with E-state index in [9.17, 15) is 4.79 Å². The number of benzene rings is 2. The largest absolute Gasteiger partial charge is 0.347 e. The summed E-state index contributed by atoms with van der Waals surface area (Å²) in [6, 6.07) is 16.1. The molecule has 0 heterocycles. The Morgan fingerprint density at radius 3 is 2.65 bits per heavy atom. The molecule has 2 rings (SSSR count). The van der Waals surface area contributed by atoms with Crippen molar-refractivity contribution >= 4 is 33.4 Å². The average molecular weight is 397 g/mol. The molecule has 3 nitrogen and oxygen atoms in total. The molecule has 23 heavy (non-hydrogen) atoms. The molecule has 122 valence electrons. The van der Waals surface area contributed by atoms with Gasteiger partial charge in [0, 0.05) is 28.0 Å². The summed E-state index contributed by atoms with van der Waals surface area (Å²) in [5.41, 5.74) is 2.24. The number of carbonyl (C=O) groups is 1. The van der Waals surface area contributed by atoms with E-state index in [1.54, 1.807) is 0 Å². The summed E-state index contributed by atoms with van der Waals surface area (Å²) in [4.78, 5) is 12.0. The summed E-state index contributed by atoms with van der Waals surface area (Å²) in [6.45, 7) is 3.05. The van der Waals surface area contributed by atoms with Gasteiger partial charge in [-0.05, 0) is 29.8 Å². The van der Waals surface area contributed by atoms with Crippen LogP contribution in [-0.4, -0.2) is 12.5 Å². The van der Waals surface area contributed by atoms with Crippen molar-refractivity contribution in [3.05, 3.63) is 69.2 Å². The van der Waals surface area contributed by atoms with Crippen LogP contribution in [0.25, 0.3) is 0 Å². The van der Waals surface area contributed by atoms with Crippen LogP contribution in [0.1, 0.15) is 30.5 Å². The molecule has 0 saturated carbocycles. The number of hydrogen-bond donors (Lipinski definition) is 2. The fraction of sp³-hybridized carbons (Fsp3) is 0.278. The molecule has 3 N–H and O–H groups in total. The van der Waals surface area contributed by atoms with Gasteiger partial charge in [-0.15, -0.1) is 0 Å². The van der Waals surface area contributed by atoms with Crippen molar-refractivity contribution in [2.24, 2.45) is 0 Å². The maximum absolute atomic E-state index is 12.0. The van der Waals surface area contributed by atoms with E-state index in [0.29, 0.717) is 24.2 Å². The zero-order valence-electron chi connectivity index (χ0n) is 13.1. The highest BCUT2D eigenvalue weighted by atomic mass is 79.9. The molecule has 0 spiro atoms. The Kier molecular flexibility index (Phi) is 7.09. The molecule has 0 bridgehead atoms. The van der Waals surface area contributed by atoms with Crippen molar-refractivity contribution in [2.45, 2.75) is 25.9 Å². The van der Waals surface area contributed by atoms with E-state index in [4.69, 9.17) is 11.6 Å². The molecule has 0 radical (unpaired) electrons. The van der Waals surface area contributed by atoms with Gasteiger partial charge in [0.05, 0.1) is 0 Å². The molecule has 1 amide bonds. The number of amides is 1. The standard InChI is InChI=1S/C18H20BrClN2O/c1-2-17(14-6-8-15(19)9-7-14)21-12-18(23)22-11-13-4-3-5-16(20)10-13/h3-10,17,21H,2,11-12H2,1H3,(H,22,23)/p+1/t17-/m0/s1.